The van der Waals surface area contributed by atoms with Gasteiger partial charge >= 0.3 is 10.1 Å². The zero-order valence-electron chi connectivity index (χ0n) is 6.55. The number of hydrogen-bond acceptors (Lipinski definition) is 4. The van der Waals surface area contributed by atoms with E-state index < -0.39 is 25.6 Å². The lowest BCUT2D eigenvalue weighted by molar-refractivity contribution is -0.387. The number of benzene rings is 1. The molecule has 1 N–H and O–H groups in total. The molecular weight excluding hydrogens is 234 g/mol. The second kappa shape index (κ2) is 3.52. The molecule has 76 valence electrons. The van der Waals surface area contributed by atoms with Crippen LogP contribution in [0.2, 0.25) is 5.02 Å². The maximum atomic E-state index is 10.7. The van der Waals surface area contributed by atoms with E-state index in [9.17, 15) is 18.5 Å². The Balaban J connectivity index is 3.54. The van der Waals surface area contributed by atoms with Crippen molar-refractivity contribution in [2.45, 2.75) is 4.90 Å². The van der Waals surface area contributed by atoms with Gasteiger partial charge in [-0.1, -0.05) is 11.6 Å². The molecular formula is C6H4ClNO5S. The highest BCUT2D eigenvalue weighted by Crippen LogP contribution is 2.26. The van der Waals surface area contributed by atoms with Crippen molar-refractivity contribution in [2.24, 2.45) is 0 Å². The molecule has 0 spiro atoms. The van der Waals surface area contributed by atoms with Gasteiger partial charge in [0.05, 0.1) is 4.92 Å². The average molecular weight is 238 g/mol. The molecule has 1 aromatic rings. The van der Waals surface area contributed by atoms with Crippen molar-refractivity contribution in [2.75, 3.05) is 0 Å². The van der Waals surface area contributed by atoms with Gasteiger partial charge in [-0.15, -0.1) is 0 Å². The molecule has 1 rings (SSSR count). The molecule has 0 aliphatic carbocycles. The molecule has 0 unspecified atom stereocenters. The van der Waals surface area contributed by atoms with E-state index in [1.54, 1.807) is 0 Å². The minimum atomic E-state index is -4.63. The Morgan fingerprint density at radius 2 is 2.00 bits per heavy atom. The minimum absolute atomic E-state index is 0.0109. The molecule has 0 aromatic heterocycles. The van der Waals surface area contributed by atoms with E-state index in [1.165, 1.54) is 0 Å². The van der Waals surface area contributed by atoms with Gasteiger partial charge < -0.3 is 0 Å². The van der Waals surface area contributed by atoms with Crippen molar-refractivity contribution in [3.63, 3.8) is 0 Å². The van der Waals surface area contributed by atoms with Gasteiger partial charge in [0.1, 0.15) is 0 Å². The van der Waals surface area contributed by atoms with Crippen LogP contribution in [0.1, 0.15) is 0 Å². The summed E-state index contributed by atoms with van der Waals surface area (Å²) >= 11 is 5.43. The molecule has 0 heterocycles. The predicted molar refractivity (Wildman–Crippen MR) is 47.9 cm³/mol. The van der Waals surface area contributed by atoms with Crippen LogP contribution < -0.4 is 0 Å². The fourth-order valence-corrected chi connectivity index (χ4v) is 1.76. The first-order valence-corrected chi connectivity index (χ1v) is 5.05. The largest absolute Gasteiger partial charge is 0.301 e. The second-order valence-corrected chi connectivity index (χ2v) is 4.17. The summed E-state index contributed by atoms with van der Waals surface area (Å²) in [4.78, 5) is 8.64. The van der Waals surface area contributed by atoms with Crippen molar-refractivity contribution in [1.29, 1.82) is 0 Å². The highest BCUT2D eigenvalue weighted by molar-refractivity contribution is 7.86. The molecule has 0 aliphatic rings. The maximum absolute atomic E-state index is 10.7. The zero-order valence-corrected chi connectivity index (χ0v) is 8.12. The fourth-order valence-electron chi connectivity index (χ4n) is 0.845. The molecule has 0 saturated carbocycles. The van der Waals surface area contributed by atoms with Crippen LogP contribution in [0.3, 0.4) is 0 Å². The van der Waals surface area contributed by atoms with E-state index >= 15 is 0 Å². The van der Waals surface area contributed by atoms with E-state index in [-0.39, 0.29) is 5.02 Å². The molecule has 14 heavy (non-hydrogen) atoms. The molecule has 0 aliphatic heterocycles. The Bertz CT molecular complexity index is 483. The third kappa shape index (κ3) is 2.19. The zero-order chi connectivity index (χ0) is 10.9. The van der Waals surface area contributed by atoms with Crippen molar-refractivity contribution in [3.8, 4) is 0 Å². The second-order valence-electron chi connectivity index (χ2n) is 2.34. The quantitative estimate of drug-likeness (QED) is 0.477. The summed E-state index contributed by atoms with van der Waals surface area (Å²) in [5.41, 5.74) is -0.711. The Hall–Kier alpha value is -1.18. The third-order valence-electron chi connectivity index (χ3n) is 1.40. The Morgan fingerprint density at radius 3 is 2.43 bits per heavy atom. The van der Waals surface area contributed by atoms with E-state index in [4.69, 9.17) is 16.2 Å². The first kappa shape index (κ1) is 10.9. The molecule has 0 saturated heterocycles. The standard InChI is InChI=1S/C6H4ClNO5S/c7-4-1-2-5(8(9)10)6(3-4)14(11,12)13/h1-3H,(H,11,12,13). The molecule has 0 atom stereocenters. The van der Waals surface area contributed by atoms with Gasteiger partial charge in [0, 0.05) is 11.1 Å². The van der Waals surface area contributed by atoms with Crippen molar-refractivity contribution in [3.05, 3.63) is 33.3 Å². The summed E-state index contributed by atoms with van der Waals surface area (Å²) in [5, 5.41) is 10.4. The number of nitrogens with zero attached hydrogens (tertiary/aromatic N) is 1. The van der Waals surface area contributed by atoms with Gasteiger partial charge in [-0.05, 0) is 12.1 Å². The SMILES string of the molecule is O=[N+]([O-])c1ccc(Cl)cc1S(=O)(=O)O. The molecule has 0 amide bonds. The summed E-state index contributed by atoms with van der Waals surface area (Å²) in [6, 6.07) is 2.88. The summed E-state index contributed by atoms with van der Waals surface area (Å²) in [6.07, 6.45) is 0. The van der Waals surface area contributed by atoms with Crippen LogP contribution in [0, 0.1) is 10.1 Å². The Morgan fingerprint density at radius 1 is 1.43 bits per heavy atom. The number of nitro groups is 1. The minimum Gasteiger partial charge on any atom is -0.282 e. The predicted octanol–water partition coefficient (Wildman–Crippen LogP) is 1.49. The first-order valence-electron chi connectivity index (χ1n) is 3.24. The van der Waals surface area contributed by atoms with Crippen molar-refractivity contribution >= 4 is 27.4 Å². The van der Waals surface area contributed by atoms with Crippen LogP contribution in [-0.4, -0.2) is 17.9 Å². The van der Waals surface area contributed by atoms with Crippen LogP contribution in [0.4, 0.5) is 5.69 Å². The molecule has 8 heteroatoms. The lowest BCUT2D eigenvalue weighted by atomic mass is 10.3. The molecule has 0 radical (unpaired) electrons. The summed E-state index contributed by atoms with van der Waals surface area (Å²) < 4.78 is 30.1. The van der Waals surface area contributed by atoms with Crippen LogP contribution >= 0.6 is 11.6 Å². The molecule has 1 aromatic carbocycles. The van der Waals surface area contributed by atoms with Gasteiger partial charge in [-0.25, -0.2) is 0 Å². The smallest absolute Gasteiger partial charge is 0.282 e. The van der Waals surface area contributed by atoms with Crippen LogP contribution in [0.25, 0.3) is 0 Å². The number of hydrogen-bond donors (Lipinski definition) is 1. The summed E-state index contributed by atoms with van der Waals surface area (Å²) in [7, 11) is -4.63. The van der Waals surface area contributed by atoms with Crippen LogP contribution in [0.15, 0.2) is 23.1 Å². The first-order chi connectivity index (χ1) is 6.32. The summed E-state index contributed by atoms with van der Waals surface area (Å²) in [6.45, 7) is 0. The van der Waals surface area contributed by atoms with Crippen LogP contribution in [-0.2, 0) is 10.1 Å². The fraction of sp³-hybridized carbons (Fsp3) is 0. The lowest BCUT2D eigenvalue weighted by Gasteiger charge is -1.99. The third-order valence-corrected chi connectivity index (χ3v) is 2.51. The maximum Gasteiger partial charge on any atom is 0.301 e. The van der Waals surface area contributed by atoms with E-state index in [1.807, 2.05) is 0 Å². The van der Waals surface area contributed by atoms with Gasteiger partial charge in [0.2, 0.25) is 0 Å². The van der Waals surface area contributed by atoms with Crippen molar-refractivity contribution < 1.29 is 17.9 Å². The molecule has 0 bridgehead atoms. The van der Waals surface area contributed by atoms with E-state index in [2.05, 4.69) is 0 Å². The van der Waals surface area contributed by atoms with Gasteiger partial charge in [-0.2, -0.15) is 8.42 Å². The summed E-state index contributed by atoms with van der Waals surface area (Å²) in [5.74, 6) is 0. The van der Waals surface area contributed by atoms with Crippen LogP contribution in [0.5, 0.6) is 0 Å². The monoisotopic (exact) mass is 237 g/mol. The molecule has 6 nitrogen and oxygen atoms in total. The normalized spacial score (nSPS) is 11.3. The van der Waals surface area contributed by atoms with E-state index in [0.717, 1.165) is 18.2 Å². The number of rotatable bonds is 2. The highest BCUT2D eigenvalue weighted by atomic mass is 35.5. The Kier molecular flexibility index (Phi) is 2.74. The average Bonchev–Trinajstić information content (AvgIpc) is 2.01. The van der Waals surface area contributed by atoms with Gasteiger partial charge in [0.25, 0.3) is 5.69 Å². The Labute approximate surface area is 84.0 Å². The number of halogens is 1. The number of nitro benzene ring substituents is 1. The van der Waals surface area contributed by atoms with Gasteiger partial charge in [0.15, 0.2) is 4.90 Å². The lowest BCUT2D eigenvalue weighted by Crippen LogP contribution is -2.03. The molecule has 0 fully saturated rings. The van der Waals surface area contributed by atoms with Crippen molar-refractivity contribution in [1.82, 2.24) is 0 Å². The topological polar surface area (TPSA) is 97.5 Å². The highest BCUT2D eigenvalue weighted by Gasteiger charge is 2.23. The van der Waals surface area contributed by atoms with E-state index in [0.29, 0.717) is 0 Å². The van der Waals surface area contributed by atoms with Gasteiger partial charge in [-0.3, -0.25) is 14.7 Å².